The molecular formula is C51H36N4O2. The number of fused-ring (bicyclic) bond motifs is 6. The third kappa shape index (κ3) is 5.82. The van der Waals surface area contributed by atoms with Crippen molar-refractivity contribution in [1.29, 1.82) is 0 Å². The van der Waals surface area contributed by atoms with Gasteiger partial charge in [0.15, 0.2) is 0 Å². The van der Waals surface area contributed by atoms with E-state index in [-0.39, 0.29) is 12.3 Å². The average molecular weight is 737 g/mol. The second kappa shape index (κ2) is 13.7. The number of benzene rings is 8. The van der Waals surface area contributed by atoms with Crippen molar-refractivity contribution in [2.24, 2.45) is 4.99 Å². The summed E-state index contributed by atoms with van der Waals surface area (Å²) in [6.07, 6.45) is -0.407. The third-order valence-corrected chi connectivity index (χ3v) is 11.0. The van der Waals surface area contributed by atoms with E-state index in [9.17, 15) is 0 Å². The molecule has 0 fully saturated rings. The normalized spacial score (nSPS) is 15.5. The molecular weight excluding hydrogens is 701 g/mol. The molecule has 8 aromatic carbocycles. The molecule has 2 aromatic heterocycles. The largest absolute Gasteiger partial charge is 0.456 e. The predicted octanol–water partition coefficient (Wildman–Crippen LogP) is 13.0. The Morgan fingerprint density at radius 1 is 0.456 bits per heavy atom. The van der Waals surface area contributed by atoms with Gasteiger partial charge in [-0.15, -0.1) is 0 Å². The fourth-order valence-electron chi connectivity index (χ4n) is 8.24. The summed E-state index contributed by atoms with van der Waals surface area (Å²) < 4.78 is 13.1. The zero-order valence-electron chi connectivity index (χ0n) is 30.8. The number of nitrogens with one attached hydrogen (secondary N) is 2. The van der Waals surface area contributed by atoms with Crippen molar-refractivity contribution in [2.75, 3.05) is 4.90 Å². The van der Waals surface area contributed by atoms with E-state index in [1.54, 1.807) is 0 Å². The standard InChI is InChI=1S/C51H36N4O2/c1-4-14-34(15-5-1)49-52-50(35-16-6-2-7-17-35)54-51(53-49)43-31-30-39(47-42-21-11-13-23-45(42)57-48(43)47)33-24-26-37(27-25-33)55(36-18-8-3-9-19-36)38-28-29-41-40-20-10-12-22-44(40)56-46(41)32-38/h1-32,49-50,52H,(H,53,54). The van der Waals surface area contributed by atoms with Crippen LogP contribution in [-0.4, -0.2) is 5.84 Å². The maximum absolute atomic E-state index is 6.76. The molecule has 0 aliphatic carbocycles. The molecule has 11 rings (SSSR count). The monoisotopic (exact) mass is 736 g/mol. The van der Waals surface area contributed by atoms with Crippen LogP contribution in [0.1, 0.15) is 29.0 Å². The molecule has 1 aliphatic rings. The van der Waals surface area contributed by atoms with Crippen molar-refractivity contribution in [2.45, 2.75) is 12.3 Å². The summed E-state index contributed by atoms with van der Waals surface area (Å²) in [6, 6.07) is 67.4. The van der Waals surface area contributed by atoms with E-state index in [4.69, 9.17) is 13.8 Å². The quantitative estimate of drug-likeness (QED) is 0.171. The molecule has 0 saturated carbocycles. The average Bonchev–Trinajstić information content (AvgIpc) is 3.86. The maximum atomic E-state index is 6.76. The molecule has 6 heteroatoms. The van der Waals surface area contributed by atoms with Crippen molar-refractivity contribution >= 4 is 66.8 Å². The van der Waals surface area contributed by atoms with E-state index in [0.717, 1.165) is 94.6 Å². The molecule has 0 bridgehead atoms. The molecule has 6 nitrogen and oxygen atoms in total. The van der Waals surface area contributed by atoms with Gasteiger partial charge in [0.25, 0.3) is 0 Å². The molecule has 272 valence electrons. The summed E-state index contributed by atoms with van der Waals surface area (Å²) >= 11 is 0. The van der Waals surface area contributed by atoms with Crippen LogP contribution in [0.5, 0.6) is 0 Å². The lowest BCUT2D eigenvalue weighted by molar-refractivity contribution is 0.409. The number of rotatable bonds is 7. The van der Waals surface area contributed by atoms with E-state index in [1.807, 2.05) is 42.5 Å². The predicted molar refractivity (Wildman–Crippen MR) is 232 cm³/mol. The Hall–Kier alpha value is -7.41. The van der Waals surface area contributed by atoms with Crippen LogP contribution in [-0.2, 0) is 0 Å². The van der Waals surface area contributed by atoms with E-state index in [1.165, 1.54) is 0 Å². The highest BCUT2D eigenvalue weighted by Gasteiger charge is 2.28. The highest BCUT2D eigenvalue weighted by Crippen LogP contribution is 2.42. The Morgan fingerprint density at radius 2 is 1.04 bits per heavy atom. The number of amidine groups is 1. The number of hydrogen-bond donors (Lipinski definition) is 2. The third-order valence-electron chi connectivity index (χ3n) is 11.0. The molecule has 1 aliphatic heterocycles. The Labute approximate surface area is 329 Å². The summed E-state index contributed by atoms with van der Waals surface area (Å²) in [7, 11) is 0. The number of furan rings is 2. The van der Waals surface area contributed by atoms with Crippen LogP contribution < -0.4 is 15.5 Å². The van der Waals surface area contributed by atoms with Crippen molar-refractivity contribution in [3.63, 3.8) is 0 Å². The lowest BCUT2D eigenvalue weighted by atomic mass is 9.96. The highest BCUT2D eigenvalue weighted by molar-refractivity contribution is 6.19. The van der Waals surface area contributed by atoms with Gasteiger partial charge in [-0.1, -0.05) is 133 Å². The van der Waals surface area contributed by atoms with Crippen molar-refractivity contribution in [3.8, 4) is 11.1 Å². The molecule has 0 saturated heterocycles. The Balaban J connectivity index is 1.02. The fraction of sp³-hybridized carbons (Fsp3) is 0.0392. The van der Waals surface area contributed by atoms with E-state index in [0.29, 0.717) is 0 Å². The molecule has 2 unspecified atom stereocenters. The second-order valence-electron chi connectivity index (χ2n) is 14.4. The van der Waals surface area contributed by atoms with Gasteiger partial charge >= 0.3 is 0 Å². The Morgan fingerprint density at radius 3 is 1.79 bits per heavy atom. The van der Waals surface area contributed by atoms with Crippen LogP contribution in [0.4, 0.5) is 17.1 Å². The summed E-state index contributed by atoms with van der Waals surface area (Å²) in [5, 5.41) is 11.8. The van der Waals surface area contributed by atoms with Gasteiger partial charge in [-0.25, -0.2) is 4.99 Å². The zero-order valence-corrected chi connectivity index (χ0v) is 30.8. The first-order chi connectivity index (χ1) is 28.2. The van der Waals surface area contributed by atoms with Gasteiger partial charge in [0.1, 0.15) is 40.5 Å². The van der Waals surface area contributed by atoms with Gasteiger partial charge < -0.3 is 19.1 Å². The topological polar surface area (TPSA) is 65.9 Å². The van der Waals surface area contributed by atoms with Gasteiger partial charge in [-0.3, -0.25) is 5.32 Å². The number of hydrogen-bond acceptors (Lipinski definition) is 6. The van der Waals surface area contributed by atoms with E-state index in [2.05, 4.69) is 167 Å². The van der Waals surface area contributed by atoms with Crippen LogP contribution in [0, 0.1) is 0 Å². The summed E-state index contributed by atoms with van der Waals surface area (Å²) in [5.74, 6) is 0.780. The van der Waals surface area contributed by atoms with Gasteiger partial charge in [0, 0.05) is 44.7 Å². The van der Waals surface area contributed by atoms with Gasteiger partial charge in [0.05, 0.1) is 5.56 Å². The molecule has 0 spiro atoms. The summed E-state index contributed by atoms with van der Waals surface area (Å²) in [6.45, 7) is 0. The zero-order chi connectivity index (χ0) is 37.7. The molecule has 0 radical (unpaired) electrons. The first-order valence-corrected chi connectivity index (χ1v) is 19.3. The van der Waals surface area contributed by atoms with Crippen LogP contribution in [0.2, 0.25) is 0 Å². The highest BCUT2D eigenvalue weighted by atomic mass is 16.3. The Bertz CT molecular complexity index is 3080. The summed E-state index contributed by atoms with van der Waals surface area (Å²) in [5.41, 5.74) is 11.8. The minimum atomic E-state index is -0.251. The second-order valence-corrected chi connectivity index (χ2v) is 14.4. The van der Waals surface area contributed by atoms with Gasteiger partial charge in [-0.05, 0) is 76.9 Å². The number of anilines is 3. The minimum Gasteiger partial charge on any atom is -0.456 e. The first-order valence-electron chi connectivity index (χ1n) is 19.3. The van der Waals surface area contributed by atoms with Crippen molar-refractivity contribution in [3.05, 3.63) is 211 Å². The molecule has 57 heavy (non-hydrogen) atoms. The summed E-state index contributed by atoms with van der Waals surface area (Å²) in [4.78, 5) is 7.54. The van der Waals surface area contributed by atoms with Crippen LogP contribution in [0.3, 0.4) is 0 Å². The maximum Gasteiger partial charge on any atom is 0.146 e. The minimum absolute atomic E-state index is 0.157. The lowest BCUT2D eigenvalue weighted by Gasteiger charge is -2.32. The molecule has 2 atom stereocenters. The van der Waals surface area contributed by atoms with Gasteiger partial charge in [-0.2, -0.15) is 0 Å². The number of aliphatic imine (C=N–C) groups is 1. The number of nitrogens with zero attached hydrogens (tertiary/aromatic N) is 2. The number of para-hydroxylation sites is 3. The SMILES string of the molecule is c1ccc(C2N=C(c3ccc(-c4ccc(N(c5ccccc5)c5ccc6c(c5)oc5ccccc56)cc4)c4c3oc3ccccc34)NC(c3ccccc3)N2)cc1. The van der Waals surface area contributed by atoms with Crippen molar-refractivity contribution in [1.82, 2.24) is 10.6 Å². The Kier molecular flexibility index (Phi) is 7.93. The van der Waals surface area contributed by atoms with Gasteiger partial charge in [0.2, 0.25) is 0 Å². The molecule has 0 amide bonds. The van der Waals surface area contributed by atoms with E-state index < -0.39 is 0 Å². The van der Waals surface area contributed by atoms with Crippen LogP contribution >= 0.6 is 0 Å². The molecule has 2 N–H and O–H groups in total. The lowest BCUT2D eigenvalue weighted by Crippen LogP contribution is -2.45. The smallest absolute Gasteiger partial charge is 0.146 e. The van der Waals surface area contributed by atoms with Crippen LogP contribution in [0.25, 0.3) is 55.0 Å². The van der Waals surface area contributed by atoms with Crippen molar-refractivity contribution < 1.29 is 8.83 Å². The molecule has 3 heterocycles. The molecule has 10 aromatic rings. The van der Waals surface area contributed by atoms with E-state index >= 15 is 0 Å². The van der Waals surface area contributed by atoms with Crippen LogP contribution in [0.15, 0.2) is 208 Å². The first kappa shape index (κ1) is 33.0. The fourth-order valence-corrected chi connectivity index (χ4v) is 8.24.